The van der Waals surface area contributed by atoms with Gasteiger partial charge in [0.15, 0.2) is 5.82 Å². The summed E-state index contributed by atoms with van der Waals surface area (Å²) in [6.45, 7) is 3.53. The number of hydrogen-bond donors (Lipinski definition) is 2. The summed E-state index contributed by atoms with van der Waals surface area (Å²) < 4.78 is 0. The lowest BCUT2D eigenvalue weighted by Crippen LogP contribution is -2.16. The SMILES string of the molecule is CCc1nc2c(nc1NC(C)=O)CCc1cc(CO)ccc1-2. The van der Waals surface area contributed by atoms with Crippen LogP contribution in [0.4, 0.5) is 5.82 Å². The molecule has 5 nitrogen and oxygen atoms in total. The van der Waals surface area contributed by atoms with Gasteiger partial charge in [0.05, 0.1) is 23.7 Å². The Hall–Kier alpha value is -2.27. The van der Waals surface area contributed by atoms with Crippen molar-refractivity contribution in [2.45, 2.75) is 39.7 Å². The second kappa shape index (κ2) is 5.85. The zero-order chi connectivity index (χ0) is 15.7. The van der Waals surface area contributed by atoms with Gasteiger partial charge in [-0.15, -0.1) is 0 Å². The van der Waals surface area contributed by atoms with Crippen LogP contribution in [-0.2, 0) is 30.7 Å². The Bertz CT molecular complexity index is 741. The predicted octanol–water partition coefficient (Wildman–Crippen LogP) is 2.26. The van der Waals surface area contributed by atoms with Gasteiger partial charge < -0.3 is 10.4 Å². The summed E-state index contributed by atoms with van der Waals surface area (Å²) in [6, 6.07) is 5.96. The first-order valence-corrected chi connectivity index (χ1v) is 7.52. The summed E-state index contributed by atoms with van der Waals surface area (Å²) in [5.74, 6) is 0.442. The van der Waals surface area contributed by atoms with Crippen LogP contribution in [0, 0.1) is 0 Å². The number of aromatic nitrogens is 2. The number of aryl methyl sites for hydroxylation is 3. The van der Waals surface area contributed by atoms with Crippen LogP contribution in [0.5, 0.6) is 0 Å². The number of benzene rings is 1. The third-order valence-electron chi connectivity index (χ3n) is 3.91. The minimum absolute atomic E-state index is 0.0491. The quantitative estimate of drug-likeness (QED) is 0.911. The topological polar surface area (TPSA) is 75.1 Å². The molecule has 5 heteroatoms. The highest BCUT2D eigenvalue weighted by atomic mass is 16.3. The number of aliphatic hydroxyl groups excluding tert-OH is 1. The average Bonchev–Trinajstić information content (AvgIpc) is 2.52. The number of carbonyl (C=O) groups is 1. The molecule has 114 valence electrons. The number of carbonyl (C=O) groups excluding carboxylic acids is 1. The molecule has 22 heavy (non-hydrogen) atoms. The van der Waals surface area contributed by atoms with Crippen LogP contribution in [0.15, 0.2) is 18.2 Å². The number of anilines is 1. The molecule has 0 unspecified atom stereocenters. The van der Waals surface area contributed by atoms with Gasteiger partial charge in [0.2, 0.25) is 5.91 Å². The lowest BCUT2D eigenvalue weighted by atomic mass is 9.90. The molecular weight excluding hydrogens is 278 g/mol. The van der Waals surface area contributed by atoms with Crippen LogP contribution in [0.25, 0.3) is 11.3 Å². The van der Waals surface area contributed by atoms with E-state index >= 15 is 0 Å². The van der Waals surface area contributed by atoms with E-state index in [-0.39, 0.29) is 12.5 Å². The number of amides is 1. The van der Waals surface area contributed by atoms with E-state index in [4.69, 9.17) is 4.98 Å². The molecule has 0 saturated carbocycles. The normalized spacial score (nSPS) is 12.5. The number of hydrogen-bond acceptors (Lipinski definition) is 4. The van der Waals surface area contributed by atoms with E-state index in [0.29, 0.717) is 12.2 Å². The molecule has 0 spiro atoms. The Morgan fingerprint density at radius 3 is 2.82 bits per heavy atom. The zero-order valence-electron chi connectivity index (χ0n) is 12.8. The van der Waals surface area contributed by atoms with Gasteiger partial charge in [0, 0.05) is 12.5 Å². The van der Waals surface area contributed by atoms with Crippen molar-refractivity contribution >= 4 is 11.7 Å². The second-order valence-corrected chi connectivity index (χ2v) is 5.50. The third-order valence-corrected chi connectivity index (χ3v) is 3.91. The maximum absolute atomic E-state index is 11.3. The first kappa shape index (κ1) is 14.7. The summed E-state index contributed by atoms with van der Waals surface area (Å²) in [6.07, 6.45) is 2.37. The average molecular weight is 297 g/mol. The Kier molecular flexibility index (Phi) is 3.90. The first-order valence-electron chi connectivity index (χ1n) is 7.52. The van der Waals surface area contributed by atoms with Gasteiger partial charge in [-0.25, -0.2) is 9.97 Å². The Morgan fingerprint density at radius 2 is 2.14 bits per heavy atom. The van der Waals surface area contributed by atoms with Crippen LogP contribution >= 0.6 is 0 Å². The van der Waals surface area contributed by atoms with Crippen molar-refractivity contribution in [2.75, 3.05) is 5.32 Å². The molecule has 1 amide bonds. The number of rotatable bonds is 3. The highest BCUT2D eigenvalue weighted by molar-refractivity contribution is 5.88. The molecule has 0 radical (unpaired) electrons. The summed E-state index contributed by atoms with van der Waals surface area (Å²) in [7, 11) is 0. The van der Waals surface area contributed by atoms with Crippen molar-refractivity contribution in [3.8, 4) is 11.3 Å². The second-order valence-electron chi connectivity index (χ2n) is 5.50. The molecule has 1 aliphatic rings. The lowest BCUT2D eigenvalue weighted by molar-refractivity contribution is -0.114. The fraction of sp³-hybridized carbons (Fsp3) is 0.353. The van der Waals surface area contributed by atoms with Crippen molar-refractivity contribution in [1.82, 2.24) is 9.97 Å². The van der Waals surface area contributed by atoms with E-state index in [1.165, 1.54) is 12.5 Å². The van der Waals surface area contributed by atoms with Gasteiger partial charge in [0.25, 0.3) is 0 Å². The summed E-state index contributed by atoms with van der Waals surface area (Å²) in [5, 5.41) is 12.0. The number of aliphatic hydroxyl groups is 1. The maximum atomic E-state index is 11.3. The van der Waals surface area contributed by atoms with Crippen molar-refractivity contribution in [2.24, 2.45) is 0 Å². The van der Waals surface area contributed by atoms with Gasteiger partial charge >= 0.3 is 0 Å². The number of nitrogens with one attached hydrogen (secondary N) is 1. The molecule has 1 heterocycles. The molecule has 1 aromatic heterocycles. The molecule has 2 aromatic rings. The van der Waals surface area contributed by atoms with E-state index in [2.05, 4.69) is 10.3 Å². The van der Waals surface area contributed by atoms with Crippen molar-refractivity contribution in [1.29, 1.82) is 0 Å². The van der Waals surface area contributed by atoms with Gasteiger partial charge in [-0.3, -0.25) is 4.79 Å². The van der Waals surface area contributed by atoms with Gasteiger partial charge in [-0.05, 0) is 30.4 Å². The fourth-order valence-electron chi connectivity index (χ4n) is 2.84. The monoisotopic (exact) mass is 297 g/mol. The Balaban J connectivity index is 2.11. The Labute approximate surface area is 129 Å². The minimum atomic E-state index is -0.132. The molecule has 0 fully saturated rings. The summed E-state index contributed by atoms with van der Waals surface area (Å²) in [4.78, 5) is 20.7. The van der Waals surface area contributed by atoms with Crippen LogP contribution in [0.3, 0.4) is 0 Å². The van der Waals surface area contributed by atoms with E-state index < -0.39 is 0 Å². The highest BCUT2D eigenvalue weighted by Crippen LogP contribution is 2.33. The van der Waals surface area contributed by atoms with E-state index in [1.54, 1.807) is 0 Å². The Morgan fingerprint density at radius 1 is 1.32 bits per heavy atom. The fourth-order valence-corrected chi connectivity index (χ4v) is 2.84. The van der Waals surface area contributed by atoms with Crippen LogP contribution < -0.4 is 5.32 Å². The van der Waals surface area contributed by atoms with Crippen LogP contribution in [0.2, 0.25) is 0 Å². The van der Waals surface area contributed by atoms with Crippen molar-refractivity contribution in [3.05, 3.63) is 40.7 Å². The van der Waals surface area contributed by atoms with Crippen molar-refractivity contribution < 1.29 is 9.90 Å². The van der Waals surface area contributed by atoms with Gasteiger partial charge in [0.1, 0.15) is 0 Å². The molecular formula is C17H19N3O2. The molecule has 0 atom stereocenters. The van der Waals surface area contributed by atoms with E-state index in [0.717, 1.165) is 41.1 Å². The standard InChI is InChI=1S/C17H19N3O2/c1-3-14-17(18-10(2)22)20-15-7-5-12-8-11(9-21)4-6-13(12)16(15)19-14/h4,6,8,21H,3,5,7,9H2,1-2H3,(H,18,20,22). The lowest BCUT2D eigenvalue weighted by Gasteiger charge is -2.21. The zero-order valence-corrected chi connectivity index (χ0v) is 12.8. The largest absolute Gasteiger partial charge is 0.392 e. The smallest absolute Gasteiger partial charge is 0.222 e. The van der Waals surface area contributed by atoms with Gasteiger partial charge in [-0.2, -0.15) is 0 Å². The molecule has 1 aliphatic carbocycles. The van der Waals surface area contributed by atoms with Crippen molar-refractivity contribution in [3.63, 3.8) is 0 Å². The van der Waals surface area contributed by atoms with Gasteiger partial charge in [-0.1, -0.05) is 25.1 Å². The highest BCUT2D eigenvalue weighted by Gasteiger charge is 2.21. The van der Waals surface area contributed by atoms with Crippen LogP contribution in [0.1, 0.15) is 36.4 Å². The molecule has 1 aromatic carbocycles. The number of fused-ring (bicyclic) bond motifs is 3. The molecule has 0 saturated heterocycles. The van der Waals surface area contributed by atoms with Crippen LogP contribution in [-0.4, -0.2) is 21.0 Å². The maximum Gasteiger partial charge on any atom is 0.222 e. The molecule has 0 aliphatic heterocycles. The predicted molar refractivity (Wildman–Crippen MR) is 84.5 cm³/mol. The molecule has 2 N–H and O–H groups in total. The summed E-state index contributed by atoms with van der Waals surface area (Å²) >= 11 is 0. The molecule has 3 rings (SSSR count). The number of nitrogens with zero attached hydrogens (tertiary/aromatic N) is 2. The molecule has 0 bridgehead atoms. The minimum Gasteiger partial charge on any atom is -0.392 e. The first-order chi connectivity index (χ1) is 10.6. The third kappa shape index (κ3) is 2.60. The van der Waals surface area contributed by atoms with E-state index in [9.17, 15) is 9.90 Å². The summed E-state index contributed by atoms with van der Waals surface area (Å²) in [5.41, 5.74) is 5.81. The van der Waals surface area contributed by atoms with E-state index in [1.807, 2.05) is 25.1 Å².